The molecular formula is C16H13ClN2S. The van der Waals surface area contributed by atoms with Gasteiger partial charge in [-0.05, 0) is 48.0 Å². The van der Waals surface area contributed by atoms with E-state index in [-0.39, 0.29) is 0 Å². The van der Waals surface area contributed by atoms with E-state index < -0.39 is 0 Å². The first-order valence-electron chi connectivity index (χ1n) is 6.24. The van der Waals surface area contributed by atoms with Crippen LogP contribution in [0.2, 0.25) is 5.02 Å². The Bertz CT molecular complexity index is 741. The van der Waals surface area contributed by atoms with Gasteiger partial charge in [0.05, 0.1) is 5.52 Å². The van der Waals surface area contributed by atoms with Gasteiger partial charge in [-0.25, -0.2) is 0 Å². The third kappa shape index (κ3) is 2.74. The van der Waals surface area contributed by atoms with Gasteiger partial charge in [-0.1, -0.05) is 17.7 Å². The highest BCUT2D eigenvalue weighted by Gasteiger charge is 2.05. The summed E-state index contributed by atoms with van der Waals surface area (Å²) < 4.78 is 0. The number of fused-ring (bicyclic) bond motifs is 1. The summed E-state index contributed by atoms with van der Waals surface area (Å²) in [5.41, 5.74) is 8.93. The summed E-state index contributed by atoms with van der Waals surface area (Å²) in [6.45, 7) is 0. The van der Waals surface area contributed by atoms with E-state index in [9.17, 15) is 0 Å². The molecular weight excluding hydrogens is 288 g/mol. The zero-order valence-electron chi connectivity index (χ0n) is 10.7. The maximum Gasteiger partial charge on any atom is 0.0763 e. The van der Waals surface area contributed by atoms with Crippen molar-refractivity contribution in [2.45, 2.75) is 10.6 Å². The van der Waals surface area contributed by atoms with E-state index in [2.05, 4.69) is 4.98 Å². The average Bonchev–Trinajstić information content (AvgIpc) is 2.49. The molecule has 0 saturated carbocycles. The number of nitrogens with two attached hydrogens (primary N) is 1. The van der Waals surface area contributed by atoms with Crippen molar-refractivity contribution < 1.29 is 0 Å². The molecule has 3 aromatic rings. The summed E-state index contributed by atoms with van der Waals surface area (Å²) >= 11 is 7.65. The molecule has 0 amide bonds. The minimum Gasteiger partial charge on any atom is -0.398 e. The van der Waals surface area contributed by atoms with E-state index in [1.165, 1.54) is 10.5 Å². The molecule has 0 bridgehead atoms. The molecule has 3 rings (SSSR count). The van der Waals surface area contributed by atoms with Gasteiger partial charge in [0.2, 0.25) is 0 Å². The van der Waals surface area contributed by atoms with Crippen molar-refractivity contribution in [2.75, 3.05) is 5.73 Å². The van der Waals surface area contributed by atoms with Crippen molar-refractivity contribution in [1.29, 1.82) is 0 Å². The monoisotopic (exact) mass is 300 g/mol. The fourth-order valence-corrected chi connectivity index (χ4v) is 3.07. The van der Waals surface area contributed by atoms with Crippen LogP contribution >= 0.6 is 23.4 Å². The summed E-state index contributed by atoms with van der Waals surface area (Å²) in [6.07, 6.45) is 1.80. The second-order valence-corrected chi connectivity index (χ2v) is 5.94. The number of hydrogen-bond donors (Lipinski definition) is 1. The fourth-order valence-electron chi connectivity index (χ4n) is 2.06. The van der Waals surface area contributed by atoms with Crippen molar-refractivity contribution in [3.8, 4) is 0 Å². The number of pyridine rings is 1. The molecule has 1 heterocycles. The van der Waals surface area contributed by atoms with E-state index in [1.807, 2.05) is 48.5 Å². The molecule has 2 N–H and O–H groups in total. The van der Waals surface area contributed by atoms with Crippen LogP contribution in [0.15, 0.2) is 59.6 Å². The number of hydrogen-bond acceptors (Lipinski definition) is 3. The number of halogens is 1. The van der Waals surface area contributed by atoms with Crippen molar-refractivity contribution >= 4 is 40.0 Å². The first kappa shape index (κ1) is 13.3. The molecule has 0 fully saturated rings. The van der Waals surface area contributed by atoms with Gasteiger partial charge < -0.3 is 5.73 Å². The largest absolute Gasteiger partial charge is 0.398 e. The number of thioether (sulfide) groups is 1. The van der Waals surface area contributed by atoms with Gasteiger partial charge in [-0.3, -0.25) is 4.98 Å². The lowest BCUT2D eigenvalue weighted by atomic mass is 10.1. The summed E-state index contributed by atoms with van der Waals surface area (Å²) in [7, 11) is 0. The molecule has 100 valence electrons. The van der Waals surface area contributed by atoms with Crippen molar-refractivity contribution in [3.63, 3.8) is 0 Å². The Hall–Kier alpha value is -1.71. The van der Waals surface area contributed by atoms with Gasteiger partial charge in [0.25, 0.3) is 0 Å². The number of benzene rings is 2. The Morgan fingerprint density at radius 3 is 2.65 bits per heavy atom. The second-order valence-electron chi connectivity index (χ2n) is 4.46. The number of aromatic nitrogens is 1. The van der Waals surface area contributed by atoms with E-state index in [0.717, 1.165) is 27.4 Å². The van der Waals surface area contributed by atoms with E-state index in [0.29, 0.717) is 0 Å². The third-order valence-electron chi connectivity index (χ3n) is 3.09. The highest BCUT2D eigenvalue weighted by Crippen LogP contribution is 2.29. The Balaban J connectivity index is 1.88. The van der Waals surface area contributed by atoms with Crippen molar-refractivity contribution in [3.05, 3.63) is 65.3 Å². The third-order valence-corrected chi connectivity index (χ3v) is 4.41. The van der Waals surface area contributed by atoms with Gasteiger partial charge >= 0.3 is 0 Å². The first-order chi connectivity index (χ1) is 9.74. The fraction of sp³-hybridized carbons (Fsp3) is 0.0625. The number of anilines is 1. The number of rotatable bonds is 3. The quantitative estimate of drug-likeness (QED) is 0.560. The van der Waals surface area contributed by atoms with Crippen LogP contribution in [0.25, 0.3) is 10.9 Å². The normalized spacial score (nSPS) is 10.8. The van der Waals surface area contributed by atoms with Crippen LogP contribution in [0.1, 0.15) is 5.56 Å². The van der Waals surface area contributed by atoms with Crippen LogP contribution in [0, 0.1) is 0 Å². The Morgan fingerprint density at radius 2 is 1.85 bits per heavy atom. The first-order valence-corrected chi connectivity index (χ1v) is 7.61. The van der Waals surface area contributed by atoms with E-state index >= 15 is 0 Å². The minimum atomic E-state index is 0.758. The zero-order valence-corrected chi connectivity index (χ0v) is 12.3. The molecule has 0 aliphatic rings. The molecule has 0 radical (unpaired) electrons. The predicted molar refractivity (Wildman–Crippen MR) is 87.2 cm³/mol. The van der Waals surface area contributed by atoms with Crippen LogP contribution in [-0.2, 0) is 5.75 Å². The van der Waals surface area contributed by atoms with Gasteiger partial charge in [0, 0.05) is 32.9 Å². The van der Waals surface area contributed by atoms with Crippen molar-refractivity contribution in [2.24, 2.45) is 0 Å². The van der Waals surface area contributed by atoms with Gasteiger partial charge in [-0.15, -0.1) is 11.8 Å². The molecule has 20 heavy (non-hydrogen) atoms. The van der Waals surface area contributed by atoms with Gasteiger partial charge in [0.1, 0.15) is 0 Å². The number of nitrogens with zero attached hydrogens (tertiary/aromatic N) is 1. The van der Waals surface area contributed by atoms with Crippen LogP contribution in [0.3, 0.4) is 0 Å². The molecule has 0 aliphatic heterocycles. The van der Waals surface area contributed by atoms with Crippen LogP contribution in [0.5, 0.6) is 0 Å². The number of nitrogen functional groups attached to an aromatic ring is 1. The zero-order chi connectivity index (χ0) is 13.9. The van der Waals surface area contributed by atoms with Gasteiger partial charge in [-0.2, -0.15) is 0 Å². The lowest BCUT2D eigenvalue weighted by molar-refractivity contribution is 1.34. The molecule has 0 unspecified atom stereocenters. The second kappa shape index (κ2) is 5.73. The average molecular weight is 301 g/mol. The molecule has 1 aromatic heterocycles. The SMILES string of the molecule is Nc1ccc(CSc2ccc(Cl)cc2)c2ncccc12. The van der Waals surface area contributed by atoms with E-state index in [4.69, 9.17) is 17.3 Å². The Labute approximate surface area is 127 Å². The summed E-state index contributed by atoms with van der Waals surface area (Å²) in [5.74, 6) is 0.857. The van der Waals surface area contributed by atoms with Crippen LogP contribution in [-0.4, -0.2) is 4.98 Å². The van der Waals surface area contributed by atoms with E-state index in [1.54, 1.807) is 18.0 Å². The molecule has 0 saturated heterocycles. The maximum atomic E-state index is 5.99. The highest BCUT2D eigenvalue weighted by molar-refractivity contribution is 7.98. The lowest BCUT2D eigenvalue weighted by Gasteiger charge is -2.08. The highest BCUT2D eigenvalue weighted by atomic mass is 35.5. The van der Waals surface area contributed by atoms with Crippen molar-refractivity contribution in [1.82, 2.24) is 4.98 Å². The molecule has 0 atom stereocenters. The molecule has 2 aromatic carbocycles. The Morgan fingerprint density at radius 1 is 1.05 bits per heavy atom. The summed E-state index contributed by atoms with van der Waals surface area (Å²) in [6, 6.07) is 15.8. The minimum absolute atomic E-state index is 0.758. The summed E-state index contributed by atoms with van der Waals surface area (Å²) in [4.78, 5) is 5.64. The smallest absolute Gasteiger partial charge is 0.0763 e. The Kier molecular flexibility index (Phi) is 3.81. The van der Waals surface area contributed by atoms with Crippen LogP contribution in [0.4, 0.5) is 5.69 Å². The van der Waals surface area contributed by atoms with Gasteiger partial charge in [0.15, 0.2) is 0 Å². The molecule has 0 spiro atoms. The molecule has 2 nitrogen and oxygen atoms in total. The lowest BCUT2D eigenvalue weighted by Crippen LogP contribution is -1.92. The topological polar surface area (TPSA) is 38.9 Å². The predicted octanol–water partition coefficient (Wildman–Crippen LogP) is 4.76. The summed E-state index contributed by atoms with van der Waals surface area (Å²) in [5, 5.41) is 1.77. The van der Waals surface area contributed by atoms with Crippen LogP contribution < -0.4 is 5.73 Å². The standard InChI is InChI=1S/C16H13ClN2S/c17-12-4-6-13(7-5-12)20-10-11-3-8-15(18)14-2-1-9-19-16(11)14/h1-9H,10,18H2. The molecule has 0 aliphatic carbocycles. The molecule has 4 heteroatoms. The maximum absolute atomic E-state index is 5.99.